The lowest BCUT2D eigenvalue weighted by Gasteiger charge is -2.38. The third kappa shape index (κ3) is 5.58. The van der Waals surface area contributed by atoms with Crippen molar-refractivity contribution in [3.8, 4) is 5.75 Å². The van der Waals surface area contributed by atoms with E-state index in [9.17, 15) is 9.59 Å². The Balaban J connectivity index is 1.44. The minimum Gasteiger partial charge on any atom is -0.484 e. The molecular weight excluding hydrogens is 414 g/mol. The van der Waals surface area contributed by atoms with Gasteiger partial charge in [0.25, 0.3) is 5.91 Å². The first kappa shape index (κ1) is 22.5. The van der Waals surface area contributed by atoms with Gasteiger partial charge in [0.15, 0.2) is 6.61 Å². The Labute approximate surface area is 194 Å². The fourth-order valence-electron chi connectivity index (χ4n) is 4.23. The summed E-state index contributed by atoms with van der Waals surface area (Å²) >= 11 is 0. The lowest BCUT2D eigenvalue weighted by molar-refractivity contribution is -0.133. The number of carbonyl (C=O) groups is 2. The summed E-state index contributed by atoms with van der Waals surface area (Å²) in [6.07, 6.45) is 3.69. The molecule has 6 nitrogen and oxygen atoms in total. The summed E-state index contributed by atoms with van der Waals surface area (Å²) in [4.78, 5) is 31.2. The van der Waals surface area contributed by atoms with Crippen LogP contribution in [-0.4, -0.2) is 41.4 Å². The first-order valence-electron chi connectivity index (χ1n) is 11.4. The monoisotopic (exact) mass is 443 g/mol. The van der Waals surface area contributed by atoms with Gasteiger partial charge in [0.2, 0.25) is 5.91 Å². The standard InChI is InChI=1S/C27H29N3O3/c1-2-26(32)30-17-14-20-11-12-23(18-24(20)27(30)21-8-4-3-5-9-21)33-19-25(31)29-16-13-22-10-6-7-15-28-22/h3-12,15,18,27H,2,13-14,16-17,19H2,1H3,(H,29,31). The van der Waals surface area contributed by atoms with Gasteiger partial charge in [0.1, 0.15) is 5.75 Å². The summed E-state index contributed by atoms with van der Waals surface area (Å²) in [5, 5.41) is 2.87. The molecule has 1 N–H and O–H groups in total. The highest BCUT2D eigenvalue weighted by Gasteiger charge is 2.31. The molecule has 0 saturated carbocycles. The number of carbonyl (C=O) groups excluding carboxylic acids is 2. The molecule has 1 aromatic heterocycles. The number of pyridine rings is 1. The second-order valence-electron chi connectivity index (χ2n) is 8.07. The molecule has 6 heteroatoms. The molecule has 0 radical (unpaired) electrons. The largest absolute Gasteiger partial charge is 0.484 e. The molecule has 1 atom stereocenters. The van der Waals surface area contributed by atoms with Crippen LogP contribution >= 0.6 is 0 Å². The second-order valence-corrected chi connectivity index (χ2v) is 8.07. The Morgan fingerprint density at radius 1 is 1.09 bits per heavy atom. The number of fused-ring (bicyclic) bond motifs is 1. The van der Waals surface area contributed by atoms with Crippen molar-refractivity contribution >= 4 is 11.8 Å². The van der Waals surface area contributed by atoms with Gasteiger partial charge in [-0.2, -0.15) is 0 Å². The van der Waals surface area contributed by atoms with Gasteiger partial charge in [-0.15, -0.1) is 0 Å². The summed E-state index contributed by atoms with van der Waals surface area (Å²) in [6, 6.07) is 21.6. The van der Waals surface area contributed by atoms with Gasteiger partial charge < -0.3 is 15.0 Å². The molecule has 1 unspecified atom stereocenters. The molecule has 2 amide bonds. The summed E-state index contributed by atoms with van der Waals surface area (Å²) in [7, 11) is 0. The van der Waals surface area contributed by atoms with E-state index in [1.54, 1.807) is 6.20 Å². The average Bonchev–Trinajstić information content (AvgIpc) is 2.87. The molecule has 2 heterocycles. The zero-order valence-electron chi connectivity index (χ0n) is 18.9. The highest BCUT2D eigenvalue weighted by Crippen LogP contribution is 2.37. The number of ether oxygens (including phenoxy) is 1. The van der Waals surface area contributed by atoms with E-state index in [0.717, 1.165) is 23.2 Å². The Hall–Kier alpha value is -3.67. The van der Waals surface area contributed by atoms with E-state index in [1.165, 1.54) is 5.56 Å². The molecule has 0 aliphatic carbocycles. The number of rotatable bonds is 8. The normalized spacial score (nSPS) is 14.9. The Morgan fingerprint density at radius 2 is 1.91 bits per heavy atom. The Kier molecular flexibility index (Phi) is 7.35. The molecular formula is C27H29N3O3. The summed E-state index contributed by atoms with van der Waals surface area (Å²) < 4.78 is 5.81. The lowest BCUT2D eigenvalue weighted by Crippen LogP contribution is -2.40. The van der Waals surface area contributed by atoms with E-state index in [4.69, 9.17) is 4.74 Å². The molecule has 33 heavy (non-hydrogen) atoms. The fraction of sp³-hybridized carbons (Fsp3) is 0.296. The third-order valence-electron chi connectivity index (χ3n) is 5.88. The van der Waals surface area contributed by atoms with E-state index in [2.05, 4.69) is 22.4 Å². The summed E-state index contributed by atoms with van der Waals surface area (Å²) in [5.74, 6) is 0.583. The van der Waals surface area contributed by atoms with E-state index < -0.39 is 0 Å². The number of benzene rings is 2. The number of hydrogen-bond donors (Lipinski definition) is 1. The van der Waals surface area contributed by atoms with Crippen LogP contribution in [0.4, 0.5) is 0 Å². The first-order chi connectivity index (χ1) is 16.2. The maximum absolute atomic E-state index is 12.7. The number of amides is 2. The average molecular weight is 444 g/mol. The van der Waals surface area contributed by atoms with Crippen molar-refractivity contribution in [2.24, 2.45) is 0 Å². The first-order valence-corrected chi connectivity index (χ1v) is 11.4. The van der Waals surface area contributed by atoms with Crippen LogP contribution in [0.3, 0.4) is 0 Å². The van der Waals surface area contributed by atoms with Crippen LogP contribution in [0.5, 0.6) is 5.75 Å². The number of hydrogen-bond acceptors (Lipinski definition) is 4. The van der Waals surface area contributed by atoms with E-state index >= 15 is 0 Å². The molecule has 1 aliphatic rings. The SMILES string of the molecule is CCC(=O)N1CCc2ccc(OCC(=O)NCCc3ccccn3)cc2C1c1ccccc1. The van der Waals surface area contributed by atoms with Gasteiger partial charge in [-0.3, -0.25) is 14.6 Å². The van der Waals surface area contributed by atoms with E-state index in [0.29, 0.717) is 31.7 Å². The van der Waals surface area contributed by atoms with E-state index in [1.807, 2.05) is 66.4 Å². The lowest BCUT2D eigenvalue weighted by atomic mass is 9.87. The number of nitrogens with one attached hydrogen (secondary N) is 1. The molecule has 170 valence electrons. The van der Waals surface area contributed by atoms with Crippen molar-refractivity contribution in [1.82, 2.24) is 15.2 Å². The van der Waals surface area contributed by atoms with Crippen LogP contribution in [0.1, 0.15) is 41.8 Å². The van der Waals surface area contributed by atoms with Crippen molar-refractivity contribution in [2.45, 2.75) is 32.2 Å². The van der Waals surface area contributed by atoms with Crippen molar-refractivity contribution < 1.29 is 14.3 Å². The zero-order chi connectivity index (χ0) is 23.0. The minimum absolute atomic E-state index is 0.0609. The van der Waals surface area contributed by atoms with Crippen LogP contribution in [0, 0.1) is 0 Å². The second kappa shape index (κ2) is 10.8. The Bertz CT molecular complexity index is 1090. The topological polar surface area (TPSA) is 71.5 Å². The van der Waals surface area contributed by atoms with Gasteiger partial charge in [-0.05, 0) is 47.4 Å². The smallest absolute Gasteiger partial charge is 0.257 e. The van der Waals surface area contributed by atoms with Crippen LogP contribution in [-0.2, 0) is 22.4 Å². The van der Waals surface area contributed by atoms with Crippen molar-refractivity contribution in [3.05, 3.63) is 95.3 Å². The molecule has 2 aromatic carbocycles. The van der Waals surface area contributed by atoms with Crippen LogP contribution in [0.2, 0.25) is 0 Å². The molecule has 1 aliphatic heterocycles. The summed E-state index contributed by atoms with van der Waals surface area (Å²) in [6.45, 7) is 3.03. The fourth-order valence-corrected chi connectivity index (χ4v) is 4.23. The predicted octanol–water partition coefficient (Wildman–Crippen LogP) is 3.70. The third-order valence-corrected chi connectivity index (χ3v) is 5.88. The minimum atomic E-state index is -0.175. The van der Waals surface area contributed by atoms with Gasteiger partial charge in [-0.1, -0.05) is 49.4 Å². The molecule has 0 bridgehead atoms. The molecule has 4 rings (SSSR count). The number of nitrogens with zero attached hydrogens (tertiary/aromatic N) is 2. The molecule has 0 spiro atoms. The molecule has 0 fully saturated rings. The van der Waals surface area contributed by atoms with Gasteiger partial charge in [-0.25, -0.2) is 0 Å². The maximum atomic E-state index is 12.7. The van der Waals surface area contributed by atoms with Gasteiger partial charge in [0, 0.05) is 37.8 Å². The van der Waals surface area contributed by atoms with Crippen LogP contribution in [0.15, 0.2) is 72.9 Å². The molecule has 0 saturated heterocycles. The van der Waals surface area contributed by atoms with Gasteiger partial charge >= 0.3 is 0 Å². The zero-order valence-corrected chi connectivity index (χ0v) is 18.9. The Morgan fingerprint density at radius 3 is 2.67 bits per heavy atom. The predicted molar refractivity (Wildman–Crippen MR) is 127 cm³/mol. The van der Waals surface area contributed by atoms with E-state index in [-0.39, 0.29) is 24.5 Å². The number of aromatic nitrogens is 1. The highest BCUT2D eigenvalue weighted by molar-refractivity contribution is 5.78. The van der Waals surface area contributed by atoms with Crippen molar-refractivity contribution in [2.75, 3.05) is 19.7 Å². The molecule has 3 aromatic rings. The van der Waals surface area contributed by atoms with Gasteiger partial charge in [0.05, 0.1) is 6.04 Å². The van der Waals surface area contributed by atoms with Crippen LogP contribution < -0.4 is 10.1 Å². The van der Waals surface area contributed by atoms with Crippen molar-refractivity contribution in [3.63, 3.8) is 0 Å². The quantitative estimate of drug-likeness (QED) is 0.576. The summed E-state index contributed by atoms with van der Waals surface area (Å²) in [5.41, 5.74) is 4.27. The van der Waals surface area contributed by atoms with Crippen molar-refractivity contribution in [1.29, 1.82) is 0 Å². The highest BCUT2D eigenvalue weighted by atomic mass is 16.5. The maximum Gasteiger partial charge on any atom is 0.257 e. The van der Waals surface area contributed by atoms with Crippen LogP contribution in [0.25, 0.3) is 0 Å².